The van der Waals surface area contributed by atoms with Crippen LogP contribution in [0.15, 0.2) is 72.9 Å². The van der Waals surface area contributed by atoms with Crippen molar-refractivity contribution in [2.45, 2.75) is 6.54 Å². The van der Waals surface area contributed by atoms with Crippen LogP contribution < -0.4 is 21.7 Å². The molecule has 2 aromatic carbocycles. The highest BCUT2D eigenvalue weighted by Crippen LogP contribution is 2.16. The summed E-state index contributed by atoms with van der Waals surface area (Å²) in [6.07, 6.45) is 4.90. The summed E-state index contributed by atoms with van der Waals surface area (Å²) in [6, 6.07) is 19.3. The zero-order valence-corrected chi connectivity index (χ0v) is 15.7. The van der Waals surface area contributed by atoms with E-state index < -0.39 is 0 Å². The molecule has 3 rings (SSSR count). The first kappa shape index (κ1) is 19.1. The fraction of sp³-hybridized carbons (Fsp3) is 0.0909. The van der Waals surface area contributed by atoms with Crippen LogP contribution in [0.3, 0.4) is 0 Å². The summed E-state index contributed by atoms with van der Waals surface area (Å²) in [7, 11) is 2.02. The van der Waals surface area contributed by atoms with Crippen LogP contribution in [0.25, 0.3) is 6.08 Å². The van der Waals surface area contributed by atoms with E-state index in [0.29, 0.717) is 17.9 Å². The molecule has 0 radical (unpaired) electrons. The van der Waals surface area contributed by atoms with E-state index in [0.717, 1.165) is 11.4 Å². The lowest BCUT2D eigenvalue weighted by atomic mass is 10.2. The fourth-order valence-corrected chi connectivity index (χ4v) is 2.59. The minimum absolute atomic E-state index is 0.243. The third kappa shape index (κ3) is 5.43. The van der Waals surface area contributed by atoms with Gasteiger partial charge in [0, 0.05) is 18.8 Å². The lowest BCUT2D eigenvalue weighted by Gasteiger charge is -2.06. The van der Waals surface area contributed by atoms with E-state index in [-0.39, 0.29) is 5.91 Å². The average molecular weight is 374 g/mol. The van der Waals surface area contributed by atoms with Crippen molar-refractivity contribution < 1.29 is 10.1 Å². The molecule has 0 spiro atoms. The lowest BCUT2D eigenvalue weighted by molar-refractivity contribution is -0.539. The topological polar surface area (TPSA) is 96.7 Å². The molecule has 1 heterocycles. The van der Waals surface area contributed by atoms with Gasteiger partial charge >= 0.3 is 0 Å². The van der Waals surface area contributed by atoms with Gasteiger partial charge in [0.15, 0.2) is 0 Å². The van der Waals surface area contributed by atoms with Crippen LogP contribution in [-0.4, -0.2) is 17.9 Å². The number of nitrogens with one attached hydrogen (secondary N) is 2. The normalized spacial score (nSPS) is 10.8. The number of nitrogen functional groups attached to an aromatic ring is 1. The number of carbonyl (C=O) groups is 1. The van der Waals surface area contributed by atoms with Crippen LogP contribution >= 0.6 is 0 Å². The molecule has 0 atom stereocenters. The minimum Gasteiger partial charge on any atom is -0.397 e. The van der Waals surface area contributed by atoms with Crippen molar-refractivity contribution in [3.63, 3.8) is 0 Å². The molecule has 6 heteroatoms. The molecule has 0 saturated carbocycles. The molecule has 0 fully saturated rings. The SMILES string of the molecule is C[NH2+]c1ccc(CNc2ccc(C=CC(=O)Nc3ccccc3N)cn2)cc1. The molecule has 1 amide bonds. The first-order chi connectivity index (χ1) is 13.6. The van der Waals surface area contributed by atoms with Crippen molar-refractivity contribution in [2.24, 2.45) is 0 Å². The molecule has 0 aliphatic heterocycles. The van der Waals surface area contributed by atoms with Crippen LogP contribution in [0.5, 0.6) is 0 Å². The van der Waals surface area contributed by atoms with Gasteiger partial charge in [0.25, 0.3) is 0 Å². The Morgan fingerprint density at radius 2 is 1.89 bits per heavy atom. The smallest absolute Gasteiger partial charge is 0.248 e. The van der Waals surface area contributed by atoms with Crippen molar-refractivity contribution >= 4 is 34.9 Å². The number of pyridine rings is 1. The Labute approximate surface area is 164 Å². The predicted octanol–water partition coefficient (Wildman–Crippen LogP) is 2.75. The Kier molecular flexibility index (Phi) is 6.38. The first-order valence-electron chi connectivity index (χ1n) is 9.06. The van der Waals surface area contributed by atoms with Gasteiger partial charge < -0.3 is 21.7 Å². The second kappa shape index (κ2) is 9.34. The number of amides is 1. The van der Waals surface area contributed by atoms with E-state index in [4.69, 9.17) is 5.73 Å². The summed E-state index contributed by atoms with van der Waals surface area (Å²) >= 11 is 0. The summed E-state index contributed by atoms with van der Waals surface area (Å²) < 4.78 is 0. The molecule has 142 valence electrons. The van der Waals surface area contributed by atoms with E-state index in [2.05, 4.69) is 45.2 Å². The van der Waals surface area contributed by atoms with Gasteiger partial charge in [-0.15, -0.1) is 0 Å². The van der Waals surface area contributed by atoms with Crippen molar-refractivity contribution in [1.29, 1.82) is 0 Å². The zero-order valence-electron chi connectivity index (χ0n) is 15.7. The van der Waals surface area contributed by atoms with Gasteiger partial charge in [-0.25, -0.2) is 4.98 Å². The standard InChI is InChI=1S/C22H23N5O/c1-24-18-10-6-16(7-11-18)14-25-21-12-8-17(15-26-21)9-13-22(28)27-20-5-3-2-4-19(20)23/h2-13,15,24H,14,23H2,1H3,(H,25,26)(H,27,28)/p+1. The summed E-state index contributed by atoms with van der Waals surface area (Å²) in [4.78, 5) is 16.4. The Hall–Kier alpha value is -3.64. The van der Waals surface area contributed by atoms with Crippen molar-refractivity contribution in [3.8, 4) is 0 Å². The highest BCUT2D eigenvalue weighted by molar-refractivity contribution is 6.03. The van der Waals surface area contributed by atoms with E-state index in [1.165, 1.54) is 17.3 Å². The molecule has 6 N–H and O–H groups in total. The van der Waals surface area contributed by atoms with E-state index in [9.17, 15) is 4.79 Å². The number of quaternary nitrogens is 1. The summed E-state index contributed by atoms with van der Waals surface area (Å²) in [5.41, 5.74) is 10.2. The highest BCUT2D eigenvalue weighted by atomic mass is 16.1. The van der Waals surface area contributed by atoms with Gasteiger partial charge in [0.1, 0.15) is 11.5 Å². The molecule has 0 bridgehead atoms. The maximum atomic E-state index is 12.0. The number of hydrogen-bond donors (Lipinski definition) is 4. The van der Waals surface area contributed by atoms with Crippen LogP contribution in [0.2, 0.25) is 0 Å². The first-order valence-corrected chi connectivity index (χ1v) is 9.06. The maximum absolute atomic E-state index is 12.0. The van der Waals surface area contributed by atoms with Gasteiger partial charge in [-0.3, -0.25) is 4.79 Å². The molecule has 0 saturated heterocycles. The lowest BCUT2D eigenvalue weighted by Crippen LogP contribution is -2.72. The number of rotatable bonds is 7. The number of carbonyl (C=O) groups excluding carboxylic acids is 1. The summed E-state index contributed by atoms with van der Waals surface area (Å²) in [5, 5.41) is 8.11. The quantitative estimate of drug-likeness (QED) is 0.378. The molecular formula is C22H24N5O+. The molecule has 28 heavy (non-hydrogen) atoms. The van der Waals surface area contributed by atoms with Crippen molar-refractivity contribution in [3.05, 3.63) is 84.1 Å². The van der Waals surface area contributed by atoms with Gasteiger partial charge in [-0.1, -0.05) is 24.3 Å². The van der Waals surface area contributed by atoms with E-state index >= 15 is 0 Å². The van der Waals surface area contributed by atoms with Gasteiger partial charge in [0.2, 0.25) is 5.91 Å². The Morgan fingerprint density at radius 1 is 1.11 bits per heavy atom. The second-order valence-electron chi connectivity index (χ2n) is 6.27. The number of hydrogen-bond acceptors (Lipinski definition) is 4. The second-order valence-corrected chi connectivity index (χ2v) is 6.27. The Bertz CT molecular complexity index is 949. The monoisotopic (exact) mass is 374 g/mol. The molecule has 0 aliphatic rings. The molecule has 3 aromatic rings. The van der Waals surface area contributed by atoms with Gasteiger partial charge in [-0.05, 0) is 53.6 Å². The molecule has 0 unspecified atom stereocenters. The predicted molar refractivity (Wildman–Crippen MR) is 114 cm³/mol. The fourth-order valence-electron chi connectivity index (χ4n) is 2.59. The van der Waals surface area contributed by atoms with Crippen molar-refractivity contribution in [1.82, 2.24) is 4.98 Å². The molecule has 1 aromatic heterocycles. The van der Waals surface area contributed by atoms with Crippen LogP contribution in [0.4, 0.5) is 22.9 Å². The van der Waals surface area contributed by atoms with Gasteiger partial charge in [0.05, 0.1) is 18.4 Å². The maximum Gasteiger partial charge on any atom is 0.248 e. The Morgan fingerprint density at radius 3 is 2.57 bits per heavy atom. The largest absolute Gasteiger partial charge is 0.397 e. The minimum atomic E-state index is -0.243. The number of benzene rings is 2. The Balaban J connectivity index is 1.52. The summed E-state index contributed by atoms with van der Waals surface area (Å²) in [5.74, 6) is 0.540. The average Bonchev–Trinajstić information content (AvgIpc) is 2.73. The zero-order chi connectivity index (χ0) is 19.8. The molecule has 6 nitrogen and oxygen atoms in total. The summed E-state index contributed by atoms with van der Waals surface area (Å²) in [6.45, 7) is 0.701. The number of nitrogens with zero attached hydrogens (tertiary/aromatic N) is 1. The molecular weight excluding hydrogens is 350 g/mol. The van der Waals surface area contributed by atoms with E-state index in [1.807, 2.05) is 31.3 Å². The van der Waals surface area contributed by atoms with Crippen LogP contribution in [0.1, 0.15) is 11.1 Å². The number of para-hydroxylation sites is 2. The highest BCUT2D eigenvalue weighted by Gasteiger charge is 2.01. The van der Waals surface area contributed by atoms with Gasteiger partial charge in [-0.2, -0.15) is 0 Å². The molecule has 0 aliphatic carbocycles. The van der Waals surface area contributed by atoms with Crippen molar-refractivity contribution in [2.75, 3.05) is 23.4 Å². The number of aromatic nitrogens is 1. The third-order valence-electron chi connectivity index (χ3n) is 4.22. The van der Waals surface area contributed by atoms with Crippen LogP contribution in [0, 0.1) is 0 Å². The van der Waals surface area contributed by atoms with Crippen LogP contribution in [-0.2, 0) is 11.3 Å². The third-order valence-corrected chi connectivity index (χ3v) is 4.22. The number of nitrogens with two attached hydrogens (primary N) is 2. The number of anilines is 3. The van der Waals surface area contributed by atoms with E-state index in [1.54, 1.807) is 24.4 Å².